The number of nitrogens with zero attached hydrogens (tertiary/aromatic N) is 2. The third-order valence-electron chi connectivity index (χ3n) is 3.40. The molecule has 1 fully saturated rings. The number of imide groups is 1. The summed E-state index contributed by atoms with van der Waals surface area (Å²) in [7, 11) is 2.65. The number of benzene rings is 1. The third kappa shape index (κ3) is 3.03. The number of piperazine rings is 1. The van der Waals surface area contributed by atoms with Crippen molar-refractivity contribution in [3.63, 3.8) is 0 Å². The van der Waals surface area contributed by atoms with Gasteiger partial charge in [-0.3, -0.25) is 14.5 Å². The van der Waals surface area contributed by atoms with Crippen molar-refractivity contribution < 1.29 is 24.2 Å². The van der Waals surface area contributed by atoms with Crippen LogP contribution in [0.3, 0.4) is 0 Å². The summed E-state index contributed by atoms with van der Waals surface area (Å²) in [6.07, 6.45) is -1.35. The van der Waals surface area contributed by atoms with Gasteiger partial charge in [0.15, 0.2) is 6.10 Å². The zero-order chi connectivity index (χ0) is 15.6. The Morgan fingerprint density at radius 3 is 2.19 bits per heavy atom. The van der Waals surface area contributed by atoms with Crippen LogP contribution >= 0.6 is 0 Å². The third-order valence-corrected chi connectivity index (χ3v) is 3.40. The van der Waals surface area contributed by atoms with Crippen LogP contribution in [0.1, 0.15) is 11.7 Å². The molecule has 2 amide bonds. The number of carbonyl (C=O) groups excluding carboxylic acids is 3. The standard InChI is InChI=1S/C14H16N2O5/c1-15-11(17)7-16(8-12(15)18)10-5-3-9(4-6-10)13(19)14(20)21-2/h3-6,13,19H,7-8H2,1-2H3. The molecule has 1 aliphatic rings. The van der Waals surface area contributed by atoms with Crippen molar-refractivity contribution in [2.75, 3.05) is 32.1 Å². The number of amides is 2. The van der Waals surface area contributed by atoms with E-state index in [2.05, 4.69) is 4.74 Å². The van der Waals surface area contributed by atoms with Crippen molar-refractivity contribution in [1.82, 2.24) is 4.90 Å². The zero-order valence-electron chi connectivity index (χ0n) is 11.8. The first-order valence-corrected chi connectivity index (χ1v) is 6.34. The molecule has 0 aromatic heterocycles. The SMILES string of the molecule is COC(=O)C(O)c1ccc(N2CC(=O)N(C)C(=O)C2)cc1. The van der Waals surface area contributed by atoms with Crippen LogP contribution in [-0.4, -0.2) is 55.0 Å². The van der Waals surface area contributed by atoms with Gasteiger partial charge in [0.05, 0.1) is 20.2 Å². The number of methoxy groups -OCH3 is 1. The molecular weight excluding hydrogens is 276 g/mol. The molecule has 1 aromatic rings. The summed E-state index contributed by atoms with van der Waals surface area (Å²) in [5, 5.41) is 9.71. The lowest BCUT2D eigenvalue weighted by Crippen LogP contribution is -2.52. The fourth-order valence-corrected chi connectivity index (χ4v) is 2.03. The molecule has 1 N–H and O–H groups in total. The molecule has 0 bridgehead atoms. The minimum Gasteiger partial charge on any atom is -0.467 e. The van der Waals surface area contributed by atoms with Crippen molar-refractivity contribution in [1.29, 1.82) is 0 Å². The highest BCUT2D eigenvalue weighted by molar-refractivity contribution is 6.02. The van der Waals surface area contributed by atoms with Gasteiger partial charge < -0.3 is 14.7 Å². The summed E-state index contributed by atoms with van der Waals surface area (Å²) in [5.74, 6) is -1.29. The molecule has 1 atom stereocenters. The van der Waals surface area contributed by atoms with E-state index >= 15 is 0 Å². The Bertz CT molecular complexity index is 551. The van der Waals surface area contributed by atoms with Crippen LogP contribution in [-0.2, 0) is 19.1 Å². The van der Waals surface area contributed by atoms with E-state index in [1.807, 2.05) is 0 Å². The molecule has 7 nitrogen and oxygen atoms in total. The van der Waals surface area contributed by atoms with Crippen molar-refractivity contribution in [3.05, 3.63) is 29.8 Å². The first kappa shape index (κ1) is 15.0. The fraction of sp³-hybridized carbons (Fsp3) is 0.357. The van der Waals surface area contributed by atoms with Gasteiger partial charge in [-0.2, -0.15) is 0 Å². The second-order valence-corrected chi connectivity index (χ2v) is 4.72. The second kappa shape index (κ2) is 5.92. The molecule has 0 radical (unpaired) electrons. The number of aliphatic hydroxyl groups is 1. The minimum atomic E-state index is -1.35. The maximum absolute atomic E-state index is 11.7. The average Bonchev–Trinajstić information content (AvgIpc) is 2.50. The lowest BCUT2D eigenvalue weighted by molar-refractivity contribution is -0.150. The minimum absolute atomic E-state index is 0.112. The first-order chi connectivity index (χ1) is 9.93. The van der Waals surface area contributed by atoms with Crippen molar-refractivity contribution in [2.45, 2.75) is 6.10 Å². The monoisotopic (exact) mass is 292 g/mol. The Labute approximate surface area is 121 Å². The molecule has 7 heteroatoms. The molecular formula is C14H16N2O5. The van der Waals surface area contributed by atoms with Crippen molar-refractivity contribution >= 4 is 23.5 Å². The Hall–Kier alpha value is -2.41. The maximum atomic E-state index is 11.7. The zero-order valence-corrected chi connectivity index (χ0v) is 11.8. The van der Waals surface area contributed by atoms with Gasteiger partial charge in [0, 0.05) is 12.7 Å². The summed E-state index contributed by atoms with van der Waals surface area (Å²) < 4.78 is 4.46. The van der Waals surface area contributed by atoms with Crippen LogP contribution in [0, 0.1) is 0 Å². The molecule has 1 aromatic carbocycles. The number of ether oxygens (including phenoxy) is 1. The van der Waals surface area contributed by atoms with Gasteiger partial charge in [-0.05, 0) is 17.7 Å². The Morgan fingerprint density at radius 1 is 1.19 bits per heavy atom. The van der Waals surface area contributed by atoms with Crippen LogP contribution in [0.15, 0.2) is 24.3 Å². The van der Waals surface area contributed by atoms with E-state index in [1.54, 1.807) is 29.2 Å². The predicted molar refractivity (Wildman–Crippen MR) is 73.4 cm³/mol. The Balaban J connectivity index is 2.14. The summed E-state index contributed by atoms with van der Waals surface area (Å²) in [4.78, 5) is 37.3. The van der Waals surface area contributed by atoms with E-state index in [1.165, 1.54) is 14.2 Å². The number of rotatable bonds is 3. The highest BCUT2D eigenvalue weighted by Gasteiger charge is 2.28. The van der Waals surface area contributed by atoms with Gasteiger partial charge in [0.1, 0.15) is 0 Å². The molecule has 2 rings (SSSR count). The van der Waals surface area contributed by atoms with E-state index in [4.69, 9.17) is 0 Å². The van der Waals surface area contributed by atoms with E-state index in [0.29, 0.717) is 11.3 Å². The molecule has 21 heavy (non-hydrogen) atoms. The predicted octanol–water partition coefficient (Wildman–Crippen LogP) is -0.302. The molecule has 1 heterocycles. The number of carbonyl (C=O) groups is 3. The van der Waals surface area contributed by atoms with Gasteiger partial charge in [-0.15, -0.1) is 0 Å². The lowest BCUT2D eigenvalue weighted by atomic mass is 10.1. The fourth-order valence-electron chi connectivity index (χ4n) is 2.03. The molecule has 0 spiro atoms. The van der Waals surface area contributed by atoms with E-state index < -0.39 is 12.1 Å². The highest BCUT2D eigenvalue weighted by Crippen LogP contribution is 2.21. The van der Waals surface area contributed by atoms with Crippen LogP contribution < -0.4 is 4.90 Å². The van der Waals surface area contributed by atoms with Gasteiger partial charge >= 0.3 is 5.97 Å². The smallest absolute Gasteiger partial charge is 0.339 e. The maximum Gasteiger partial charge on any atom is 0.339 e. The van der Waals surface area contributed by atoms with Gasteiger partial charge in [0.2, 0.25) is 11.8 Å². The van der Waals surface area contributed by atoms with Crippen molar-refractivity contribution in [3.8, 4) is 0 Å². The number of hydrogen-bond acceptors (Lipinski definition) is 6. The molecule has 0 aliphatic carbocycles. The summed E-state index contributed by atoms with van der Waals surface area (Å²) in [6, 6.07) is 6.41. The normalized spacial score (nSPS) is 16.9. The van der Waals surface area contributed by atoms with E-state index in [0.717, 1.165) is 4.90 Å². The number of hydrogen-bond donors (Lipinski definition) is 1. The van der Waals surface area contributed by atoms with Crippen molar-refractivity contribution in [2.24, 2.45) is 0 Å². The topological polar surface area (TPSA) is 87.2 Å². The molecule has 0 saturated carbocycles. The quantitative estimate of drug-likeness (QED) is 0.608. The summed E-state index contributed by atoms with van der Waals surface area (Å²) in [6.45, 7) is 0.224. The summed E-state index contributed by atoms with van der Waals surface area (Å²) in [5.41, 5.74) is 1.06. The Morgan fingerprint density at radius 2 is 1.71 bits per heavy atom. The number of likely N-dealkylation sites (N-methyl/N-ethyl adjacent to an activating group) is 1. The number of anilines is 1. The average molecular weight is 292 g/mol. The largest absolute Gasteiger partial charge is 0.467 e. The number of aliphatic hydroxyl groups excluding tert-OH is 1. The van der Waals surface area contributed by atoms with Crippen LogP contribution in [0.5, 0.6) is 0 Å². The Kier molecular flexibility index (Phi) is 4.23. The molecule has 1 unspecified atom stereocenters. The van der Waals surface area contributed by atoms with Gasteiger partial charge in [-0.25, -0.2) is 4.79 Å². The van der Waals surface area contributed by atoms with Gasteiger partial charge in [-0.1, -0.05) is 12.1 Å². The van der Waals surface area contributed by atoms with E-state index in [9.17, 15) is 19.5 Å². The summed E-state index contributed by atoms with van der Waals surface area (Å²) >= 11 is 0. The van der Waals surface area contributed by atoms with Crippen LogP contribution in [0.2, 0.25) is 0 Å². The van der Waals surface area contributed by atoms with Crippen LogP contribution in [0.25, 0.3) is 0 Å². The molecule has 112 valence electrons. The van der Waals surface area contributed by atoms with E-state index in [-0.39, 0.29) is 24.9 Å². The van der Waals surface area contributed by atoms with Gasteiger partial charge in [0.25, 0.3) is 0 Å². The first-order valence-electron chi connectivity index (χ1n) is 6.34. The number of esters is 1. The molecule has 1 saturated heterocycles. The second-order valence-electron chi connectivity index (χ2n) is 4.72. The molecule has 1 aliphatic heterocycles. The van der Waals surface area contributed by atoms with Crippen LogP contribution in [0.4, 0.5) is 5.69 Å². The lowest BCUT2D eigenvalue weighted by Gasteiger charge is -2.32. The highest BCUT2D eigenvalue weighted by atomic mass is 16.5.